The topological polar surface area (TPSA) is 57.7 Å². The Morgan fingerprint density at radius 3 is 2.07 bits per heavy atom. The highest BCUT2D eigenvalue weighted by Gasteiger charge is 2.22. The van der Waals surface area contributed by atoms with Crippen LogP contribution in [0.2, 0.25) is 0 Å². The first-order chi connectivity index (χ1) is 13.4. The van der Waals surface area contributed by atoms with Crippen LogP contribution in [0.5, 0.6) is 0 Å². The molecule has 0 aliphatic carbocycles. The maximum absolute atomic E-state index is 13.8. The Balaban J connectivity index is 1.68. The Labute approximate surface area is 161 Å². The average Bonchev–Trinajstić information content (AvgIpc) is 2.70. The van der Waals surface area contributed by atoms with Crippen molar-refractivity contribution in [2.45, 2.75) is 19.4 Å². The number of carbonyl (C=O) groups is 3. The van der Waals surface area contributed by atoms with E-state index in [1.54, 1.807) is 17.0 Å². The van der Waals surface area contributed by atoms with Gasteiger partial charge < -0.3 is 9.80 Å². The Morgan fingerprint density at radius 1 is 0.964 bits per heavy atom. The molecular weight excluding hydrogens is 366 g/mol. The number of carbonyl (C=O) groups excluding carboxylic acids is 3. The van der Waals surface area contributed by atoms with Gasteiger partial charge in [0.05, 0.1) is 6.54 Å². The van der Waals surface area contributed by atoms with Gasteiger partial charge in [0.25, 0.3) is 11.8 Å². The fourth-order valence-electron chi connectivity index (χ4n) is 3.11. The van der Waals surface area contributed by atoms with Gasteiger partial charge in [0, 0.05) is 49.7 Å². The third-order valence-electron chi connectivity index (χ3n) is 4.79. The molecule has 1 fully saturated rings. The minimum absolute atomic E-state index is 0.152. The molecule has 2 amide bonds. The molecule has 0 atom stereocenters. The van der Waals surface area contributed by atoms with E-state index < -0.39 is 17.5 Å². The van der Waals surface area contributed by atoms with Crippen LogP contribution in [0.1, 0.15) is 39.1 Å². The standard InChI is InChI=1S/C21H20F2N2O3/c1-24(13-17-18(22)3-2-4-19(17)23)20(27)14-5-7-15(8-6-14)21(28)25-11-9-16(26)10-12-25/h2-8H,9-13H2,1H3. The lowest BCUT2D eigenvalue weighted by atomic mass is 10.1. The Kier molecular flexibility index (Phi) is 5.82. The predicted molar refractivity (Wildman–Crippen MR) is 98.7 cm³/mol. The molecule has 1 heterocycles. The summed E-state index contributed by atoms with van der Waals surface area (Å²) in [5.74, 6) is -1.86. The summed E-state index contributed by atoms with van der Waals surface area (Å²) in [5.41, 5.74) is 0.558. The zero-order valence-corrected chi connectivity index (χ0v) is 15.5. The fourth-order valence-corrected chi connectivity index (χ4v) is 3.11. The smallest absolute Gasteiger partial charge is 0.253 e. The van der Waals surface area contributed by atoms with E-state index in [4.69, 9.17) is 0 Å². The average molecular weight is 386 g/mol. The van der Waals surface area contributed by atoms with E-state index in [0.717, 1.165) is 12.1 Å². The van der Waals surface area contributed by atoms with Gasteiger partial charge >= 0.3 is 0 Å². The third-order valence-corrected chi connectivity index (χ3v) is 4.79. The molecule has 2 aromatic carbocycles. The lowest BCUT2D eigenvalue weighted by Gasteiger charge is -2.26. The van der Waals surface area contributed by atoms with Gasteiger partial charge in [0.15, 0.2) is 0 Å². The second-order valence-electron chi connectivity index (χ2n) is 6.77. The van der Waals surface area contributed by atoms with E-state index in [9.17, 15) is 23.2 Å². The van der Waals surface area contributed by atoms with E-state index in [2.05, 4.69) is 0 Å². The first kappa shape index (κ1) is 19.7. The number of hydrogen-bond acceptors (Lipinski definition) is 3. The van der Waals surface area contributed by atoms with Crippen molar-refractivity contribution >= 4 is 17.6 Å². The minimum atomic E-state index is -0.708. The zero-order valence-electron chi connectivity index (χ0n) is 15.5. The highest BCUT2D eigenvalue weighted by atomic mass is 19.1. The van der Waals surface area contributed by atoms with Gasteiger partial charge in [-0.1, -0.05) is 6.07 Å². The number of likely N-dealkylation sites (tertiary alicyclic amines) is 1. The zero-order chi connectivity index (χ0) is 20.3. The van der Waals surface area contributed by atoms with Crippen LogP contribution in [0.3, 0.4) is 0 Å². The van der Waals surface area contributed by atoms with Crippen LogP contribution < -0.4 is 0 Å². The third kappa shape index (κ3) is 4.24. The molecule has 0 saturated carbocycles. The molecule has 1 saturated heterocycles. The van der Waals surface area contributed by atoms with Gasteiger partial charge in [-0.25, -0.2) is 8.78 Å². The molecule has 1 aliphatic heterocycles. The van der Waals surface area contributed by atoms with Gasteiger partial charge in [0.1, 0.15) is 17.4 Å². The first-order valence-corrected chi connectivity index (χ1v) is 8.96. The molecule has 2 aromatic rings. The number of ketones is 1. The molecule has 0 spiro atoms. The largest absolute Gasteiger partial charge is 0.338 e. The molecule has 1 aliphatic rings. The molecule has 146 valence electrons. The Bertz CT molecular complexity index is 882. The maximum Gasteiger partial charge on any atom is 0.253 e. The maximum atomic E-state index is 13.8. The van der Waals surface area contributed by atoms with Gasteiger partial charge in [-0.3, -0.25) is 14.4 Å². The summed E-state index contributed by atoms with van der Waals surface area (Å²) in [4.78, 5) is 39.1. The predicted octanol–water partition coefficient (Wildman–Crippen LogP) is 3.04. The lowest BCUT2D eigenvalue weighted by molar-refractivity contribution is -0.120. The number of rotatable bonds is 4. The quantitative estimate of drug-likeness (QED) is 0.812. The molecule has 7 heteroatoms. The van der Waals surface area contributed by atoms with Crippen molar-refractivity contribution in [3.8, 4) is 0 Å². The number of halogens is 2. The molecule has 0 radical (unpaired) electrons. The number of hydrogen-bond donors (Lipinski definition) is 0. The summed E-state index contributed by atoms with van der Waals surface area (Å²) in [6.45, 7) is 0.588. The summed E-state index contributed by atoms with van der Waals surface area (Å²) >= 11 is 0. The second kappa shape index (κ2) is 8.29. The van der Waals surface area contributed by atoms with Crippen LogP contribution in [-0.4, -0.2) is 47.5 Å². The van der Waals surface area contributed by atoms with Crippen LogP contribution in [0.4, 0.5) is 8.78 Å². The monoisotopic (exact) mass is 386 g/mol. The number of benzene rings is 2. The number of piperidine rings is 1. The number of nitrogens with zero attached hydrogens (tertiary/aromatic N) is 2. The highest BCUT2D eigenvalue weighted by Crippen LogP contribution is 2.17. The highest BCUT2D eigenvalue weighted by molar-refractivity contribution is 5.98. The molecule has 5 nitrogen and oxygen atoms in total. The molecular formula is C21H20F2N2O3. The molecule has 0 unspecified atom stereocenters. The van der Waals surface area contributed by atoms with E-state index in [1.165, 1.54) is 30.1 Å². The van der Waals surface area contributed by atoms with Gasteiger partial charge in [-0.15, -0.1) is 0 Å². The summed E-state index contributed by atoms with van der Waals surface area (Å²) in [7, 11) is 1.46. The van der Waals surface area contributed by atoms with Gasteiger partial charge in [-0.2, -0.15) is 0 Å². The van der Waals surface area contributed by atoms with E-state index in [0.29, 0.717) is 37.1 Å². The summed E-state index contributed by atoms with van der Waals surface area (Å²) < 4.78 is 27.6. The van der Waals surface area contributed by atoms with E-state index in [-0.39, 0.29) is 23.8 Å². The van der Waals surface area contributed by atoms with Crippen LogP contribution in [-0.2, 0) is 11.3 Å². The molecule has 0 bridgehead atoms. The lowest BCUT2D eigenvalue weighted by Crippen LogP contribution is -2.38. The fraction of sp³-hybridized carbons (Fsp3) is 0.286. The van der Waals surface area contributed by atoms with Gasteiger partial charge in [-0.05, 0) is 36.4 Å². The number of Topliss-reactive ketones (excluding diaryl/α,β-unsaturated/α-hetero) is 1. The number of amides is 2. The molecule has 3 rings (SSSR count). The van der Waals surface area contributed by atoms with Crippen molar-refractivity contribution in [2.75, 3.05) is 20.1 Å². The summed E-state index contributed by atoms with van der Waals surface area (Å²) in [5, 5.41) is 0. The van der Waals surface area contributed by atoms with E-state index >= 15 is 0 Å². The van der Waals surface area contributed by atoms with Crippen molar-refractivity contribution in [3.63, 3.8) is 0 Å². The van der Waals surface area contributed by atoms with Crippen molar-refractivity contribution in [3.05, 3.63) is 70.8 Å². The Morgan fingerprint density at radius 2 is 1.50 bits per heavy atom. The summed E-state index contributed by atoms with van der Waals surface area (Å²) in [6, 6.07) is 9.67. The van der Waals surface area contributed by atoms with Gasteiger partial charge in [0.2, 0.25) is 0 Å². The van der Waals surface area contributed by atoms with E-state index in [1.807, 2.05) is 0 Å². The summed E-state index contributed by atoms with van der Waals surface area (Å²) in [6.07, 6.45) is 0.722. The van der Waals surface area contributed by atoms with Crippen LogP contribution in [0, 0.1) is 11.6 Å². The minimum Gasteiger partial charge on any atom is -0.338 e. The second-order valence-corrected chi connectivity index (χ2v) is 6.77. The van der Waals surface area contributed by atoms with Crippen molar-refractivity contribution in [1.82, 2.24) is 9.80 Å². The molecule has 0 N–H and O–H groups in total. The first-order valence-electron chi connectivity index (χ1n) is 8.96. The van der Waals surface area contributed by atoms with Crippen molar-refractivity contribution in [1.29, 1.82) is 0 Å². The normalized spacial score (nSPS) is 14.1. The van der Waals surface area contributed by atoms with Crippen LogP contribution in [0.15, 0.2) is 42.5 Å². The van der Waals surface area contributed by atoms with Crippen LogP contribution in [0.25, 0.3) is 0 Å². The molecule has 28 heavy (non-hydrogen) atoms. The van der Waals surface area contributed by atoms with Crippen molar-refractivity contribution in [2.24, 2.45) is 0 Å². The van der Waals surface area contributed by atoms with Crippen LogP contribution >= 0.6 is 0 Å². The Hall–Kier alpha value is -3.09. The molecule has 0 aromatic heterocycles. The SMILES string of the molecule is CN(Cc1c(F)cccc1F)C(=O)c1ccc(C(=O)N2CCC(=O)CC2)cc1. The van der Waals surface area contributed by atoms with Crippen molar-refractivity contribution < 1.29 is 23.2 Å².